The highest BCUT2D eigenvalue weighted by atomic mass is 35.5. The van der Waals surface area contributed by atoms with Crippen LogP contribution >= 0.6 is 22.9 Å². The Labute approximate surface area is 271 Å². The molecule has 6 rings (SSSR count). The monoisotopic (exact) mass is 650 g/mol. The summed E-state index contributed by atoms with van der Waals surface area (Å²) in [6, 6.07) is 7.62. The number of likely N-dealkylation sites (tertiary alicyclic amines) is 1. The number of methoxy groups -OCH3 is 1. The van der Waals surface area contributed by atoms with Gasteiger partial charge in [0, 0.05) is 64.4 Å². The summed E-state index contributed by atoms with van der Waals surface area (Å²) >= 11 is 7.76. The van der Waals surface area contributed by atoms with Crippen LogP contribution in [0.25, 0.3) is 21.3 Å². The number of ether oxygens (including phenoxy) is 2. The molecular weight excluding hydrogens is 612 g/mol. The molecule has 9 nitrogen and oxygen atoms in total. The van der Waals surface area contributed by atoms with E-state index < -0.39 is 5.97 Å². The maximum Gasteiger partial charge on any atom is 0.338 e. The van der Waals surface area contributed by atoms with E-state index >= 15 is 0 Å². The minimum Gasteiger partial charge on any atom is -0.491 e. The van der Waals surface area contributed by atoms with Gasteiger partial charge in [0.2, 0.25) is 0 Å². The fraction of sp³-hybridized carbons (Fsp3) is 0.471. The number of benzene rings is 1. The van der Waals surface area contributed by atoms with Crippen molar-refractivity contribution in [1.29, 1.82) is 0 Å². The first kappa shape index (κ1) is 31.7. The molecule has 0 spiro atoms. The fourth-order valence-electron chi connectivity index (χ4n) is 7.09. The van der Waals surface area contributed by atoms with Crippen LogP contribution in [0.3, 0.4) is 0 Å². The van der Waals surface area contributed by atoms with Crippen molar-refractivity contribution in [2.24, 2.45) is 5.41 Å². The van der Waals surface area contributed by atoms with Gasteiger partial charge in [-0.05, 0) is 63.8 Å². The van der Waals surface area contributed by atoms with Gasteiger partial charge in [0.15, 0.2) is 0 Å². The van der Waals surface area contributed by atoms with E-state index in [0.29, 0.717) is 46.8 Å². The normalized spacial score (nSPS) is 19.9. The van der Waals surface area contributed by atoms with Crippen molar-refractivity contribution in [3.8, 4) is 16.9 Å². The van der Waals surface area contributed by atoms with Crippen molar-refractivity contribution in [2.75, 3.05) is 26.8 Å². The van der Waals surface area contributed by atoms with Crippen LogP contribution in [0.2, 0.25) is 5.02 Å². The fourth-order valence-corrected chi connectivity index (χ4v) is 8.27. The maximum absolute atomic E-state index is 13.9. The molecule has 1 aliphatic heterocycles. The molecule has 0 unspecified atom stereocenters. The van der Waals surface area contributed by atoms with Crippen molar-refractivity contribution >= 4 is 39.1 Å². The summed E-state index contributed by atoms with van der Waals surface area (Å²) in [4.78, 5) is 37.6. The zero-order valence-electron chi connectivity index (χ0n) is 26.4. The molecule has 0 radical (unpaired) electrons. The number of carboxylic acids is 1. The zero-order valence-corrected chi connectivity index (χ0v) is 27.9. The molecule has 3 aromatic heterocycles. The number of rotatable bonds is 8. The molecule has 4 aromatic rings. The lowest BCUT2D eigenvalue weighted by Crippen LogP contribution is -2.54. The van der Waals surface area contributed by atoms with Crippen LogP contribution in [0, 0.1) is 19.3 Å². The number of hydrogen-bond acceptors (Lipinski definition) is 8. The van der Waals surface area contributed by atoms with E-state index in [1.54, 1.807) is 23.1 Å². The Kier molecular flexibility index (Phi) is 8.78. The molecule has 4 heterocycles. The van der Waals surface area contributed by atoms with Crippen molar-refractivity contribution in [2.45, 2.75) is 72.1 Å². The predicted octanol–water partition coefficient (Wildman–Crippen LogP) is 6.17. The Morgan fingerprint density at radius 3 is 2.71 bits per heavy atom. The summed E-state index contributed by atoms with van der Waals surface area (Å²) in [5, 5.41) is 11.8. The highest BCUT2D eigenvalue weighted by Gasteiger charge is 2.39. The Bertz CT molecular complexity index is 1830. The number of pyridine rings is 1. The number of aromatic nitrogens is 3. The molecule has 2 atom stereocenters. The van der Waals surface area contributed by atoms with Gasteiger partial charge in [0.05, 0.1) is 34.1 Å². The summed E-state index contributed by atoms with van der Waals surface area (Å²) in [5.74, 6) is 0.263. The quantitative estimate of drug-likeness (QED) is 0.241. The topological polar surface area (TPSA) is 107 Å². The van der Waals surface area contributed by atoms with Gasteiger partial charge in [0.25, 0.3) is 5.56 Å². The molecule has 238 valence electrons. The standard InChI is InChI=1S/C34H39ClN4O5S/c1-19-14-24(31-30(36-19)26(17-45-31)33(41)42)23-15-21(35)6-9-28(23)44-13-12-39-20(2)37-27-8-7-22(16-25(27)32(39)40)38-11-10-29(43-5)34(3,4)18-38/h6,9,14-15,17,22,29H,7-8,10-13,16,18H2,1-5H3,(H,41,42)/t22-,29+/m0/s1. The van der Waals surface area contributed by atoms with Crippen LogP contribution < -0.4 is 10.3 Å². The van der Waals surface area contributed by atoms with Gasteiger partial charge >= 0.3 is 5.97 Å². The third-order valence-electron chi connectivity index (χ3n) is 9.34. The lowest BCUT2D eigenvalue weighted by atomic mass is 9.79. The average molecular weight is 651 g/mol. The third-order valence-corrected chi connectivity index (χ3v) is 10.6. The second-order valence-corrected chi connectivity index (χ2v) is 14.2. The van der Waals surface area contributed by atoms with Crippen LogP contribution in [0.15, 0.2) is 34.4 Å². The number of halogens is 1. The van der Waals surface area contributed by atoms with E-state index in [0.717, 1.165) is 59.4 Å². The molecule has 1 saturated heterocycles. The number of carboxylic acid groups (broad SMARTS) is 1. The average Bonchev–Trinajstić information content (AvgIpc) is 3.42. The number of piperidine rings is 1. The molecule has 45 heavy (non-hydrogen) atoms. The second kappa shape index (κ2) is 12.5. The van der Waals surface area contributed by atoms with Gasteiger partial charge in [0.1, 0.15) is 18.2 Å². The second-order valence-electron chi connectivity index (χ2n) is 12.8. The van der Waals surface area contributed by atoms with Crippen LogP contribution in [0.5, 0.6) is 5.75 Å². The molecule has 1 aliphatic carbocycles. The SMILES string of the molecule is CO[C@@H]1CCN([C@H]2CCc3nc(C)n(CCOc4ccc(Cl)cc4-c4cc(C)nc5c(C(=O)O)csc45)c(=O)c3C2)CC1(C)C. The van der Waals surface area contributed by atoms with Crippen molar-refractivity contribution in [1.82, 2.24) is 19.4 Å². The third kappa shape index (κ3) is 6.13. The molecule has 0 bridgehead atoms. The largest absolute Gasteiger partial charge is 0.491 e. The first-order valence-electron chi connectivity index (χ1n) is 15.4. The Hall–Kier alpha value is -3.31. The van der Waals surface area contributed by atoms with E-state index in [1.165, 1.54) is 11.3 Å². The summed E-state index contributed by atoms with van der Waals surface area (Å²) < 4.78 is 14.5. The van der Waals surface area contributed by atoms with Crippen molar-refractivity contribution < 1.29 is 19.4 Å². The van der Waals surface area contributed by atoms with E-state index in [-0.39, 0.29) is 29.2 Å². The molecule has 1 aromatic carbocycles. The number of nitrogens with zero attached hydrogens (tertiary/aromatic N) is 4. The number of hydrogen-bond donors (Lipinski definition) is 1. The summed E-state index contributed by atoms with van der Waals surface area (Å²) in [7, 11) is 1.80. The zero-order chi connectivity index (χ0) is 32.0. The minimum absolute atomic E-state index is 0.0134. The van der Waals surface area contributed by atoms with Crippen molar-refractivity contribution in [3.05, 3.63) is 73.4 Å². The Balaban J connectivity index is 1.23. The minimum atomic E-state index is -1.02. The molecule has 11 heteroatoms. The van der Waals surface area contributed by atoms with Gasteiger partial charge in [-0.1, -0.05) is 25.4 Å². The van der Waals surface area contributed by atoms with Gasteiger partial charge in [-0.25, -0.2) is 9.78 Å². The maximum atomic E-state index is 13.9. The summed E-state index contributed by atoms with van der Waals surface area (Å²) in [5.41, 5.74) is 4.66. The number of carbonyl (C=O) groups is 1. The highest BCUT2D eigenvalue weighted by molar-refractivity contribution is 7.18. The summed E-state index contributed by atoms with van der Waals surface area (Å²) in [6.45, 7) is 10.8. The molecule has 1 N–H and O–H groups in total. The number of aromatic carboxylic acids is 1. The van der Waals surface area contributed by atoms with Crippen LogP contribution in [-0.4, -0.2) is 69.5 Å². The highest BCUT2D eigenvalue weighted by Crippen LogP contribution is 2.40. The number of aryl methyl sites for hydroxylation is 3. The Morgan fingerprint density at radius 2 is 1.98 bits per heavy atom. The predicted molar refractivity (Wildman–Crippen MR) is 177 cm³/mol. The first-order chi connectivity index (χ1) is 21.5. The van der Waals surface area contributed by atoms with E-state index in [2.05, 4.69) is 23.7 Å². The molecule has 2 aliphatic rings. The van der Waals surface area contributed by atoms with E-state index in [4.69, 9.17) is 26.1 Å². The molecular formula is C34H39ClN4O5S. The van der Waals surface area contributed by atoms with Crippen LogP contribution in [-0.2, 0) is 24.1 Å². The Morgan fingerprint density at radius 1 is 1.18 bits per heavy atom. The van der Waals surface area contributed by atoms with E-state index in [1.807, 2.05) is 32.0 Å². The van der Waals surface area contributed by atoms with Crippen LogP contribution in [0.4, 0.5) is 0 Å². The first-order valence-corrected chi connectivity index (χ1v) is 16.6. The lowest BCUT2D eigenvalue weighted by molar-refractivity contribution is -0.0630. The number of thiophene rings is 1. The molecule has 0 saturated carbocycles. The van der Waals surface area contributed by atoms with E-state index in [9.17, 15) is 14.7 Å². The van der Waals surface area contributed by atoms with Crippen LogP contribution in [0.1, 0.15) is 59.8 Å². The summed E-state index contributed by atoms with van der Waals surface area (Å²) in [6.07, 6.45) is 3.74. The smallest absolute Gasteiger partial charge is 0.338 e. The number of fused-ring (bicyclic) bond motifs is 2. The lowest BCUT2D eigenvalue weighted by Gasteiger charge is -2.47. The molecule has 0 amide bonds. The van der Waals surface area contributed by atoms with Crippen molar-refractivity contribution in [3.63, 3.8) is 0 Å². The molecule has 1 fully saturated rings. The van der Waals surface area contributed by atoms with Gasteiger partial charge < -0.3 is 14.6 Å². The van der Waals surface area contributed by atoms with Gasteiger partial charge in [-0.2, -0.15) is 0 Å². The van der Waals surface area contributed by atoms with Gasteiger partial charge in [-0.3, -0.25) is 19.2 Å². The van der Waals surface area contributed by atoms with Gasteiger partial charge in [-0.15, -0.1) is 11.3 Å².